The number of hydrogen-bond acceptors (Lipinski definition) is 3. The van der Waals surface area contributed by atoms with Gasteiger partial charge in [0.2, 0.25) is 0 Å². The molecule has 102 valence electrons. The van der Waals surface area contributed by atoms with Gasteiger partial charge in [-0.05, 0) is 25.0 Å². The van der Waals surface area contributed by atoms with E-state index in [1.54, 1.807) is 6.20 Å². The summed E-state index contributed by atoms with van der Waals surface area (Å²) in [5.41, 5.74) is 1.92. The molecule has 1 heterocycles. The van der Waals surface area contributed by atoms with Crippen molar-refractivity contribution < 1.29 is 5.11 Å². The number of hydrogen-bond donors (Lipinski definition) is 3. The van der Waals surface area contributed by atoms with E-state index in [4.69, 9.17) is 11.6 Å². The van der Waals surface area contributed by atoms with Crippen LogP contribution in [-0.4, -0.2) is 28.0 Å². The van der Waals surface area contributed by atoms with Gasteiger partial charge in [-0.1, -0.05) is 24.4 Å². The van der Waals surface area contributed by atoms with Gasteiger partial charge in [0.05, 0.1) is 23.5 Å². The lowest BCUT2D eigenvalue weighted by Gasteiger charge is -2.28. The van der Waals surface area contributed by atoms with E-state index >= 15 is 0 Å². The Kier molecular flexibility index (Phi) is 3.62. The van der Waals surface area contributed by atoms with Gasteiger partial charge >= 0.3 is 0 Å². The first kappa shape index (κ1) is 12.8. The predicted molar refractivity (Wildman–Crippen MR) is 77.6 cm³/mol. The molecule has 1 aliphatic rings. The van der Waals surface area contributed by atoms with E-state index in [9.17, 15) is 5.11 Å². The third kappa shape index (κ3) is 2.69. The fraction of sp³-hybridized carbons (Fsp3) is 0.500. The lowest BCUT2D eigenvalue weighted by molar-refractivity contribution is 0.0763. The zero-order valence-electron chi connectivity index (χ0n) is 10.7. The van der Waals surface area contributed by atoms with Crippen molar-refractivity contribution >= 4 is 28.2 Å². The fourth-order valence-corrected chi connectivity index (χ4v) is 3.05. The quantitative estimate of drug-likeness (QED) is 0.809. The van der Waals surface area contributed by atoms with Crippen molar-refractivity contribution in [1.29, 1.82) is 0 Å². The zero-order chi connectivity index (χ0) is 13.2. The Labute approximate surface area is 117 Å². The minimum absolute atomic E-state index is 0.183. The van der Waals surface area contributed by atoms with Crippen molar-refractivity contribution in [1.82, 2.24) is 10.2 Å². The van der Waals surface area contributed by atoms with Crippen LogP contribution in [0, 0.1) is 5.92 Å². The van der Waals surface area contributed by atoms with Crippen molar-refractivity contribution in [3.63, 3.8) is 0 Å². The molecule has 1 aromatic heterocycles. The molecule has 0 bridgehead atoms. The summed E-state index contributed by atoms with van der Waals surface area (Å²) in [6.07, 6.45) is 5.93. The maximum atomic E-state index is 9.99. The number of rotatable bonds is 3. The van der Waals surface area contributed by atoms with Gasteiger partial charge in [0.15, 0.2) is 0 Å². The van der Waals surface area contributed by atoms with Gasteiger partial charge < -0.3 is 10.4 Å². The Balaban J connectivity index is 1.75. The van der Waals surface area contributed by atoms with Crippen molar-refractivity contribution in [2.45, 2.75) is 31.8 Å². The highest BCUT2D eigenvalue weighted by molar-refractivity contribution is 6.31. The SMILES string of the molecule is O[C@@H]1CCCC[C@H]1CNc1cc(Cl)cc2cn[nH]c12. The standard InChI is InChI=1S/C14H18ClN3O/c15-11-5-10-8-17-18-14(10)12(6-11)16-7-9-3-1-2-4-13(9)19/h5-6,8-9,13,16,19H,1-4,7H2,(H,17,18)/t9-,13+/m0/s1. The van der Waals surface area contributed by atoms with E-state index in [1.807, 2.05) is 12.1 Å². The molecule has 0 spiro atoms. The van der Waals surface area contributed by atoms with Crippen LogP contribution in [0.2, 0.25) is 5.02 Å². The van der Waals surface area contributed by atoms with E-state index in [1.165, 1.54) is 6.42 Å². The highest BCUT2D eigenvalue weighted by Crippen LogP contribution is 2.28. The molecule has 1 fully saturated rings. The minimum Gasteiger partial charge on any atom is -0.393 e. The number of benzene rings is 1. The van der Waals surface area contributed by atoms with Gasteiger partial charge in [0.25, 0.3) is 0 Å². The van der Waals surface area contributed by atoms with Crippen LogP contribution in [-0.2, 0) is 0 Å². The van der Waals surface area contributed by atoms with E-state index < -0.39 is 0 Å². The van der Waals surface area contributed by atoms with Crippen molar-refractivity contribution in [3.05, 3.63) is 23.4 Å². The van der Waals surface area contributed by atoms with E-state index in [0.29, 0.717) is 10.9 Å². The predicted octanol–water partition coefficient (Wildman–Crippen LogP) is 3.18. The van der Waals surface area contributed by atoms with Crippen LogP contribution >= 0.6 is 11.6 Å². The van der Waals surface area contributed by atoms with Crippen molar-refractivity contribution in [2.24, 2.45) is 5.92 Å². The number of halogens is 1. The molecule has 1 saturated carbocycles. The van der Waals surface area contributed by atoms with Crippen LogP contribution in [0.1, 0.15) is 25.7 Å². The summed E-state index contributed by atoms with van der Waals surface area (Å²) in [7, 11) is 0. The first-order chi connectivity index (χ1) is 9.24. The second kappa shape index (κ2) is 5.39. The molecule has 3 rings (SSSR count). The molecule has 0 amide bonds. The number of nitrogens with zero attached hydrogens (tertiary/aromatic N) is 1. The molecule has 1 aromatic carbocycles. The highest BCUT2D eigenvalue weighted by Gasteiger charge is 2.22. The Morgan fingerprint density at radius 2 is 2.21 bits per heavy atom. The summed E-state index contributed by atoms with van der Waals surface area (Å²) >= 11 is 6.10. The Morgan fingerprint density at radius 1 is 1.37 bits per heavy atom. The second-order valence-electron chi connectivity index (χ2n) is 5.28. The number of fused-ring (bicyclic) bond motifs is 1. The summed E-state index contributed by atoms with van der Waals surface area (Å²) in [4.78, 5) is 0. The Hall–Kier alpha value is -1.26. The summed E-state index contributed by atoms with van der Waals surface area (Å²) < 4.78 is 0. The van der Waals surface area contributed by atoms with Gasteiger partial charge in [0, 0.05) is 22.9 Å². The molecule has 4 nitrogen and oxygen atoms in total. The second-order valence-corrected chi connectivity index (χ2v) is 5.72. The minimum atomic E-state index is -0.183. The Morgan fingerprint density at radius 3 is 3.05 bits per heavy atom. The topological polar surface area (TPSA) is 60.9 Å². The number of anilines is 1. The highest BCUT2D eigenvalue weighted by atomic mass is 35.5. The van der Waals surface area contributed by atoms with Crippen molar-refractivity contribution in [3.8, 4) is 0 Å². The molecule has 5 heteroatoms. The van der Waals surface area contributed by atoms with E-state index in [0.717, 1.165) is 42.4 Å². The first-order valence-electron chi connectivity index (χ1n) is 6.78. The number of aliphatic hydroxyl groups is 1. The monoisotopic (exact) mass is 279 g/mol. The average molecular weight is 280 g/mol. The number of aromatic amines is 1. The van der Waals surface area contributed by atoms with Crippen LogP contribution < -0.4 is 5.32 Å². The van der Waals surface area contributed by atoms with Crippen LogP contribution in [0.3, 0.4) is 0 Å². The molecule has 0 unspecified atom stereocenters. The first-order valence-corrected chi connectivity index (χ1v) is 7.16. The molecular weight excluding hydrogens is 262 g/mol. The van der Waals surface area contributed by atoms with Gasteiger partial charge in [-0.25, -0.2) is 0 Å². The van der Waals surface area contributed by atoms with E-state index in [2.05, 4.69) is 15.5 Å². The van der Waals surface area contributed by atoms with Crippen LogP contribution in [0.25, 0.3) is 10.9 Å². The fourth-order valence-electron chi connectivity index (χ4n) is 2.83. The van der Waals surface area contributed by atoms with E-state index in [-0.39, 0.29) is 6.10 Å². The zero-order valence-corrected chi connectivity index (χ0v) is 11.5. The average Bonchev–Trinajstić information content (AvgIpc) is 2.85. The van der Waals surface area contributed by atoms with Crippen molar-refractivity contribution in [2.75, 3.05) is 11.9 Å². The molecule has 0 radical (unpaired) electrons. The molecule has 2 atom stereocenters. The maximum absolute atomic E-state index is 9.99. The summed E-state index contributed by atoms with van der Waals surface area (Å²) in [6.45, 7) is 0.773. The van der Waals surface area contributed by atoms with Gasteiger partial charge in [0.1, 0.15) is 0 Å². The molecule has 0 aliphatic heterocycles. The third-order valence-electron chi connectivity index (χ3n) is 3.94. The number of nitrogens with one attached hydrogen (secondary N) is 2. The van der Waals surface area contributed by atoms with Gasteiger partial charge in [-0.3, -0.25) is 5.10 Å². The third-order valence-corrected chi connectivity index (χ3v) is 4.16. The lowest BCUT2D eigenvalue weighted by Crippen LogP contribution is -2.30. The number of aromatic nitrogens is 2. The summed E-state index contributed by atoms with van der Waals surface area (Å²) in [5.74, 6) is 0.325. The molecule has 3 N–H and O–H groups in total. The molecule has 19 heavy (non-hydrogen) atoms. The Bertz CT molecular complexity index is 569. The molecule has 2 aromatic rings. The maximum Gasteiger partial charge on any atom is 0.0882 e. The smallest absolute Gasteiger partial charge is 0.0882 e. The van der Waals surface area contributed by atoms with Crippen LogP contribution in [0.4, 0.5) is 5.69 Å². The normalized spacial score (nSPS) is 23.7. The molecule has 0 saturated heterocycles. The largest absolute Gasteiger partial charge is 0.393 e. The molecular formula is C14H18ClN3O. The molecule has 1 aliphatic carbocycles. The lowest BCUT2D eigenvalue weighted by atomic mass is 9.86. The number of aliphatic hydroxyl groups excluding tert-OH is 1. The van der Waals surface area contributed by atoms with Crippen LogP contribution in [0.5, 0.6) is 0 Å². The van der Waals surface area contributed by atoms with Gasteiger partial charge in [-0.15, -0.1) is 0 Å². The van der Waals surface area contributed by atoms with Gasteiger partial charge in [-0.2, -0.15) is 5.10 Å². The summed E-state index contributed by atoms with van der Waals surface area (Å²) in [5, 5.41) is 22.1. The van der Waals surface area contributed by atoms with Crippen LogP contribution in [0.15, 0.2) is 18.3 Å². The summed E-state index contributed by atoms with van der Waals surface area (Å²) in [6, 6.07) is 3.79. The number of H-pyrrole nitrogens is 1.